The standard InChI is InChI=1S/C19H25I3N4O5/c1-4-31-19(30)11(7-5-6-8-23)26-18(29)12-13(20)16(24-9(2)27)15(22)17(14(12)21)25-10(3)28/h11H,4-8,23H2,1-3H3,(H,24,27)(H,25,28)(H,26,29)/t11-/m0/s1. The smallest absolute Gasteiger partial charge is 0.328 e. The van der Waals surface area contributed by atoms with Crippen LogP contribution in [0.15, 0.2) is 0 Å². The Morgan fingerprint density at radius 2 is 1.45 bits per heavy atom. The summed E-state index contributed by atoms with van der Waals surface area (Å²) >= 11 is 5.96. The third kappa shape index (κ3) is 8.27. The number of unbranched alkanes of at least 4 members (excludes halogenated alkanes) is 1. The van der Waals surface area contributed by atoms with E-state index in [1.807, 2.05) is 67.8 Å². The average molecular weight is 770 g/mol. The molecule has 0 aliphatic rings. The van der Waals surface area contributed by atoms with Crippen LogP contribution in [-0.4, -0.2) is 42.9 Å². The fraction of sp³-hybridized carbons (Fsp3) is 0.474. The molecule has 0 aliphatic heterocycles. The lowest BCUT2D eigenvalue weighted by molar-refractivity contribution is -0.145. The first kappa shape index (κ1) is 28.3. The fourth-order valence-electron chi connectivity index (χ4n) is 2.65. The Kier molecular flexibility index (Phi) is 12.5. The van der Waals surface area contributed by atoms with Crippen LogP contribution in [0.25, 0.3) is 0 Å². The van der Waals surface area contributed by atoms with E-state index in [9.17, 15) is 19.2 Å². The van der Waals surface area contributed by atoms with Crippen molar-refractivity contribution in [3.8, 4) is 0 Å². The molecular formula is C19H25I3N4O5. The van der Waals surface area contributed by atoms with Crippen LogP contribution in [0.4, 0.5) is 11.4 Å². The summed E-state index contributed by atoms with van der Waals surface area (Å²) in [6.45, 7) is 5.09. The SMILES string of the molecule is CCOC(=O)[C@H](CCCCN)NC(=O)c1c(I)c(NC(C)=O)c(I)c(NC(C)=O)c1I. The first-order chi connectivity index (χ1) is 14.5. The molecule has 0 heterocycles. The monoisotopic (exact) mass is 770 g/mol. The lowest BCUT2D eigenvalue weighted by Gasteiger charge is -2.22. The molecule has 1 aromatic rings. The van der Waals surface area contributed by atoms with E-state index >= 15 is 0 Å². The second-order valence-electron chi connectivity index (χ2n) is 6.49. The van der Waals surface area contributed by atoms with E-state index < -0.39 is 17.9 Å². The zero-order chi connectivity index (χ0) is 23.7. The molecule has 0 fully saturated rings. The van der Waals surface area contributed by atoms with E-state index in [1.165, 1.54) is 13.8 Å². The second kappa shape index (κ2) is 13.7. The number of ether oxygens (including phenoxy) is 1. The Hall–Kier alpha value is -0.750. The molecule has 9 nitrogen and oxygen atoms in total. The molecule has 0 aliphatic carbocycles. The topological polar surface area (TPSA) is 140 Å². The maximum atomic E-state index is 13.2. The molecule has 0 unspecified atom stereocenters. The Labute approximate surface area is 222 Å². The summed E-state index contributed by atoms with van der Waals surface area (Å²) in [6, 6.07) is -0.835. The van der Waals surface area contributed by atoms with Crippen LogP contribution in [0.1, 0.15) is 50.4 Å². The van der Waals surface area contributed by atoms with E-state index in [4.69, 9.17) is 10.5 Å². The van der Waals surface area contributed by atoms with Crippen molar-refractivity contribution in [2.45, 2.75) is 46.1 Å². The van der Waals surface area contributed by atoms with Gasteiger partial charge in [0.1, 0.15) is 6.04 Å². The molecule has 0 saturated carbocycles. The van der Waals surface area contributed by atoms with E-state index in [2.05, 4.69) is 16.0 Å². The molecule has 0 spiro atoms. The zero-order valence-corrected chi connectivity index (χ0v) is 23.8. The average Bonchev–Trinajstić information content (AvgIpc) is 2.68. The van der Waals surface area contributed by atoms with Gasteiger partial charge in [-0.1, -0.05) is 0 Å². The summed E-state index contributed by atoms with van der Waals surface area (Å²) in [5, 5.41) is 8.19. The minimum Gasteiger partial charge on any atom is -0.464 e. The van der Waals surface area contributed by atoms with Gasteiger partial charge in [0, 0.05) is 13.8 Å². The first-order valence-corrected chi connectivity index (χ1v) is 12.7. The molecule has 3 amide bonds. The minimum atomic E-state index is -0.835. The highest BCUT2D eigenvalue weighted by molar-refractivity contribution is 14.1. The van der Waals surface area contributed by atoms with Crippen LogP contribution < -0.4 is 21.7 Å². The van der Waals surface area contributed by atoms with Gasteiger partial charge >= 0.3 is 5.97 Å². The van der Waals surface area contributed by atoms with E-state index in [1.54, 1.807) is 6.92 Å². The van der Waals surface area contributed by atoms with Gasteiger partial charge in [0.25, 0.3) is 5.91 Å². The summed E-state index contributed by atoms with van der Waals surface area (Å²) in [7, 11) is 0. The van der Waals surface area contributed by atoms with Crippen LogP contribution in [-0.2, 0) is 19.1 Å². The number of hydrogen-bond donors (Lipinski definition) is 4. The van der Waals surface area contributed by atoms with Crippen LogP contribution in [0.3, 0.4) is 0 Å². The molecule has 1 rings (SSSR count). The summed E-state index contributed by atoms with van der Waals surface area (Å²) in [6.07, 6.45) is 1.75. The van der Waals surface area contributed by atoms with Gasteiger partial charge in [0.15, 0.2) is 0 Å². The van der Waals surface area contributed by atoms with Gasteiger partial charge in [0.2, 0.25) is 11.8 Å². The molecule has 0 bridgehead atoms. The van der Waals surface area contributed by atoms with Gasteiger partial charge < -0.3 is 26.4 Å². The Bertz CT molecular complexity index is 820. The number of amides is 3. The van der Waals surface area contributed by atoms with Crippen molar-refractivity contribution in [1.29, 1.82) is 0 Å². The number of halogens is 3. The number of carbonyl (C=O) groups is 4. The van der Waals surface area contributed by atoms with Crippen molar-refractivity contribution in [2.24, 2.45) is 5.73 Å². The third-order valence-corrected chi connectivity index (χ3v) is 7.21. The predicted octanol–water partition coefficient (Wildman–Crippen LogP) is 3.21. The summed E-state index contributed by atoms with van der Waals surface area (Å²) < 4.78 is 6.69. The van der Waals surface area contributed by atoms with Crippen LogP contribution in [0, 0.1) is 10.7 Å². The van der Waals surface area contributed by atoms with Crippen molar-refractivity contribution in [3.05, 3.63) is 16.3 Å². The summed E-state index contributed by atoms with van der Waals surface area (Å²) in [5.41, 5.74) is 6.62. The number of hydrogen-bond acceptors (Lipinski definition) is 6. The number of benzene rings is 1. The Morgan fingerprint density at radius 1 is 0.935 bits per heavy atom. The molecular weight excluding hydrogens is 745 g/mol. The van der Waals surface area contributed by atoms with Crippen LogP contribution in [0.2, 0.25) is 0 Å². The molecule has 1 aromatic carbocycles. The van der Waals surface area contributed by atoms with Gasteiger partial charge in [0.05, 0.1) is 34.3 Å². The number of rotatable bonds is 10. The number of carbonyl (C=O) groups excluding carboxylic acids is 4. The van der Waals surface area contributed by atoms with Gasteiger partial charge in [-0.05, 0) is 101 Å². The lowest BCUT2D eigenvalue weighted by atomic mass is 10.1. The maximum Gasteiger partial charge on any atom is 0.328 e. The largest absolute Gasteiger partial charge is 0.464 e. The predicted molar refractivity (Wildman–Crippen MR) is 144 cm³/mol. The number of nitrogens with one attached hydrogen (secondary N) is 3. The van der Waals surface area contributed by atoms with Gasteiger partial charge in [-0.15, -0.1) is 0 Å². The molecule has 5 N–H and O–H groups in total. The molecule has 172 valence electrons. The minimum absolute atomic E-state index is 0.194. The first-order valence-electron chi connectivity index (χ1n) is 9.48. The molecule has 0 saturated heterocycles. The van der Waals surface area contributed by atoms with Crippen molar-refractivity contribution in [1.82, 2.24) is 5.32 Å². The van der Waals surface area contributed by atoms with Crippen molar-refractivity contribution in [2.75, 3.05) is 23.8 Å². The lowest BCUT2D eigenvalue weighted by Crippen LogP contribution is -2.42. The normalized spacial score (nSPS) is 11.5. The second-order valence-corrected chi connectivity index (χ2v) is 9.73. The Balaban J connectivity index is 3.44. The van der Waals surface area contributed by atoms with Crippen LogP contribution >= 0.6 is 67.8 Å². The molecule has 1 atom stereocenters. The highest BCUT2D eigenvalue weighted by Crippen LogP contribution is 2.39. The number of nitrogens with two attached hydrogens (primary N) is 1. The van der Waals surface area contributed by atoms with Crippen molar-refractivity contribution < 1.29 is 23.9 Å². The third-order valence-electron chi connectivity index (χ3n) is 3.97. The van der Waals surface area contributed by atoms with Crippen molar-refractivity contribution in [3.63, 3.8) is 0 Å². The zero-order valence-electron chi connectivity index (χ0n) is 17.4. The van der Waals surface area contributed by atoms with E-state index in [0.29, 0.717) is 47.9 Å². The van der Waals surface area contributed by atoms with Gasteiger partial charge in [-0.3, -0.25) is 14.4 Å². The van der Waals surface area contributed by atoms with Crippen molar-refractivity contribution >= 4 is 103 Å². The van der Waals surface area contributed by atoms with E-state index in [0.717, 1.165) is 0 Å². The van der Waals surface area contributed by atoms with Crippen LogP contribution in [0.5, 0.6) is 0 Å². The number of esters is 1. The molecule has 31 heavy (non-hydrogen) atoms. The molecule has 0 radical (unpaired) electrons. The highest BCUT2D eigenvalue weighted by Gasteiger charge is 2.29. The maximum absolute atomic E-state index is 13.2. The molecule has 12 heteroatoms. The van der Waals surface area contributed by atoms with Gasteiger partial charge in [-0.2, -0.15) is 0 Å². The van der Waals surface area contributed by atoms with E-state index in [-0.39, 0.29) is 24.0 Å². The summed E-state index contributed by atoms with van der Waals surface area (Å²) in [4.78, 5) is 49.1. The number of anilines is 2. The quantitative estimate of drug-likeness (QED) is 0.164. The molecule has 0 aromatic heterocycles. The highest BCUT2D eigenvalue weighted by atomic mass is 127. The fourth-order valence-corrected chi connectivity index (χ4v) is 6.85. The van der Waals surface area contributed by atoms with Gasteiger partial charge in [-0.25, -0.2) is 4.79 Å². The Morgan fingerprint density at radius 3 is 1.87 bits per heavy atom. The summed E-state index contributed by atoms with van der Waals surface area (Å²) in [5.74, 6) is -1.66.